The van der Waals surface area contributed by atoms with Gasteiger partial charge in [0.2, 0.25) is 5.75 Å². The molecule has 1 amide bonds. The molecule has 0 saturated carbocycles. The number of fused-ring (bicyclic) bond motifs is 1. The van der Waals surface area contributed by atoms with Gasteiger partial charge in [-0.2, -0.15) is 0 Å². The van der Waals surface area contributed by atoms with E-state index in [1.54, 1.807) is 12.1 Å². The zero-order valence-electron chi connectivity index (χ0n) is 16.9. The number of rotatable bonds is 9. The SMILES string of the molecule is CCCCOC(=O)COc1c(-c2ccc3c(c2)CNC3=O)ccc(OC)c1OC. The lowest BCUT2D eigenvalue weighted by Crippen LogP contribution is -2.16. The lowest BCUT2D eigenvalue weighted by molar-refractivity contribution is -0.146. The molecule has 0 radical (unpaired) electrons. The molecule has 0 fully saturated rings. The van der Waals surface area contributed by atoms with Crippen LogP contribution in [0, 0.1) is 0 Å². The fourth-order valence-corrected chi connectivity index (χ4v) is 3.17. The van der Waals surface area contributed by atoms with Crippen LogP contribution in [0.5, 0.6) is 17.2 Å². The first-order valence-electron chi connectivity index (χ1n) is 9.54. The monoisotopic (exact) mass is 399 g/mol. The average molecular weight is 399 g/mol. The number of ether oxygens (including phenoxy) is 4. The van der Waals surface area contributed by atoms with E-state index in [9.17, 15) is 9.59 Å². The maximum absolute atomic E-state index is 12.0. The molecule has 1 heterocycles. The fourth-order valence-electron chi connectivity index (χ4n) is 3.17. The summed E-state index contributed by atoms with van der Waals surface area (Å²) >= 11 is 0. The third-order valence-electron chi connectivity index (χ3n) is 4.70. The lowest BCUT2D eigenvalue weighted by Gasteiger charge is -2.18. The third-order valence-corrected chi connectivity index (χ3v) is 4.70. The highest BCUT2D eigenvalue weighted by Crippen LogP contribution is 2.44. The van der Waals surface area contributed by atoms with Crippen molar-refractivity contribution in [2.45, 2.75) is 26.3 Å². The van der Waals surface area contributed by atoms with E-state index < -0.39 is 5.97 Å². The van der Waals surface area contributed by atoms with Crippen molar-refractivity contribution in [3.05, 3.63) is 41.5 Å². The predicted molar refractivity (Wildman–Crippen MR) is 108 cm³/mol. The molecule has 0 bridgehead atoms. The van der Waals surface area contributed by atoms with Crippen molar-refractivity contribution < 1.29 is 28.5 Å². The molecule has 1 aliphatic heterocycles. The predicted octanol–water partition coefficient (Wildman–Crippen LogP) is 3.34. The Kier molecular flexibility index (Phi) is 6.59. The minimum atomic E-state index is -0.446. The maximum Gasteiger partial charge on any atom is 0.344 e. The Morgan fingerprint density at radius 3 is 2.59 bits per heavy atom. The Labute approximate surface area is 169 Å². The number of nitrogens with one attached hydrogen (secondary N) is 1. The molecule has 7 heteroatoms. The van der Waals surface area contributed by atoms with E-state index in [1.165, 1.54) is 14.2 Å². The fraction of sp³-hybridized carbons (Fsp3) is 0.364. The molecular weight excluding hydrogens is 374 g/mol. The summed E-state index contributed by atoms with van der Waals surface area (Å²) in [6, 6.07) is 9.17. The van der Waals surface area contributed by atoms with Gasteiger partial charge in [-0.05, 0) is 41.8 Å². The number of hydrogen-bond acceptors (Lipinski definition) is 6. The first kappa shape index (κ1) is 20.5. The molecule has 29 heavy (non-hydrogen) atoms. The van der Waals surface area contributed by atoms with Crippen LogP contribution < -0.4 is 19.5 Å². The molecule has 0 aliphatic carbocycles. The molecule has 7 nitrogen and oxygen atoms in total. The highest BCUT2D eigenvalue weighted by atomic mass is 16.6. The van der Waals surface area contributed by atoms with Gasteiger partial charge in [-0.25, -0.2) is 4.79 Å². The third kappa shape index (κ3) is 4.45. The van der Waals surface area contributed by atoms with Crippen LogP contribution in [-0.4, -0.2) is 39.3 Å². The average Bonchev–Trinajstić information content (AvgIpc) is 3.11. The zero-order chi connectivity index (χ0) is 20.8. The molecule has 2 aromatic carbocycles. The molecular formula is C22H25NO6. The van der Waals surface area contributed by atoms with Crippen molar-refractivity contribution in [3.8, 4) is 28.4 Å². The zero-order valence-corrected chi connectivity index (χ0v) is 16.9. The van der Waals surface area contributed by atoms with Gasteiger partial charge >= 0.3 is 5.97 Å². The number of carbonyl (C=O) groups is 2. The van der Waals surface area contributed by atoms with E-state index >= 15 is 0 Å². The minimum absolute atomic E-state index is 0.0786. The van der Waals surface area contributed by atoms with Crippen LogP contribution in [0.15, 0.2) is 30.3 Å². The summed E-state index contributed by atoms with van der Waals surface area (Å²) in [7, 11) is 3.05. The minimum Gasteiger partial charge on any atom is -0.493 e. The molecule has 1 aliphatic rings. The number of esters is 1. The number of methoxy groups -OCH3 is 2. The van der Waals surface area contributed by atoms with Gasteiger partial charge in [0.1, 0.15) is 0 Å². The summed E-state index contributed by atoms with van der Waals surface area (Å²) in [6.07, 6.45) is 1.75. The van der Waals surface area contributed by atoms with Gasteiger partial charge in [0.15, 0.2) is 18.1 Å². The van der Waals surface area contributed by atoms with Gasteiger partial charge in [0.25, 0.3) is 5.91 Å². The van der Waals surface area contributed by atoms with Gasteiger partial charge in [-0.1, -0.05) is 19.4 Å². The highest BCUT2D eigenvalue weighted by Gasteiger charge is 2.23. The molecule has 0 saturated heterocycles. The van der Waals surface area contributed by atoms with Crippen LogP contribution >= 0.6 is 0 Å². The largest absolute Gasteiger partial charge is 0.493 e. The second kappa shape index (κ2) is 9.32. The Balaban J connectivity index is 1.93. The van der Waals surface area contributed by atoms with Crippen molar-refractivity contribution in [2.24, 2.45) is 0 Å². The van der Waals surface area contributed by atoms with E-state index in [-0.39, 0.29) is 12.5 Å². The number of hydrogen-bond donors (Lipinski definition) is 1. The summed E-state index contributed by atoms with van der Waals surface area (Å²) in [6.45, 7) is 2.63. The van der Waals surface area contributed by atoms with Crippen LogP contribution in [0.4, 0.5) is 0 Å². The van der Waals surface area contributed by atoms with E-state index in [0.717, 1.165) is 29.5 Å². The van der Waals surface area contributed by atoms with E-state index in [0.29, 0.717) is 36.0 Å². The van der Waals surface area contributed by atoms with Crippen LogP contribution in [0.2, 0.25) is 0 Å². The standard InChI is InChI=1S/C22H25NO6/c1-4-5-10-28-19(24)13-29-20-16(8-9-18(26-2)21(20)27-3)14-6-7-17-15(11-14)12-23-22(17)25/h6-9,11H,4-5,10,12-13H2,1-3H3,(H,23,25). The van der Waals surface area contributed by atoms with Crippen LogP contribution in [0.25, 0.3) is 11.1 Å². The quantitative estimate of drug-likeness (QED) is 0.514. The van der Waals surface area contributed by atoms with Gasteiger partial charge in [-0.15, -0.1) is 0 Å². The van der Waals surface area contributed by atoms with Crippen molar-refractivity contribution in [2.75, 3.05) is 27.4 Å². The summed E-state index contributed by atoms with van der Waals surface area (Å²) in [5, 5.41) is 2.81. The normalized spacial score (nSPS) is 12.2. The lowest BCUT2D eigenvalue weighted by atomic mass is 9.99. The molecule has 3 rings (SSSR count). The topological polar surface area (TPSA) is 83.1 Å². The summed E-state index contributed by atoms with van der Waals surface area (Å²) < 4.78 is 21.9. The van der Waals surface area contributed by atoms with Crippen molar-refractivity contribution in [1.29, 1.82) is 0 Å². The molecule has 0 spiro atoms. The smallest absolute Gasteiger partial charge is 0.344 e. The Hall–Kier alpha value is -3.22. The number of carbonyl (C=O) groups excluding carboxylic acids is 2. The van der Waals surface area contributed by atoms with E-state index in [4.69, 9.17) is 18.9 Å². The van der Waals surface area contributed by atoms with Gasteiger partial charge < -0.3 is 24.3 Å². The van der Waals surface area contributed by atoms with Gasteiger partial charge in [-0.3, -0.25) is 4.79 Å². The van der Waals surface area contributed by atoms with Gasteiger partial charge in [0.05, 0.1) is 20.8 Å². The second-order valence-corrected chi connectivity index (χ2v) is 6.60. The van der Waals surface area contributed by atoms with Crippen molar-refractivity contribution in [3.63, 3.8) is 0 Å². The Morgan fingerprint density at radius 2 is 1.86 bits per heavy atom. The van der Waals surface area contributed by atoms with E-state index in [2.05, 4.69) is 5.32 Å². The van der Waals surface area contributed by atoms with Crippen molar-refractivity contribution >= 4 is 11.9 Å². The van der Waals surface area contributed by atoms with Crippen LogP contribution in [-0.2, 0) is 16.1 Å². The first-order valence-corrected chi connectivity index (χ1v) is 9.54. The Bertz CT molecular complexity index is 908. The molecule has 0 unspecified atom stereocenters. The number of benzene rings is 2. The molecule has 1 N–H and O–H groups in total. The Morgan fingerprint density at radius 1 is 1.07 bits per heavy atom. The van der Waals surface area contributed by atoms with E-state index in [1.807, 2.05) is 25.1 Å². The summed E-state index contributed by atoms with van der Waals surface area (Å²) in [5.41, 5.74) is 3.14. The van der Waals surface area contributed by atoms with Crippen LogP contribution in [0.3, 0.4) is 0 Å². The number of unbranched alkanes of at least 4 members (excludes halogenated alkanes) is 1. The highest BCUT2D eigenvalue weighted by molar-refractivity contribution is 5.99. The number of amides is 1. The molecule has 0 aromatic heterocycles. The second-order valence-electron chi connectivity index (χ2n) is 6.60. The van der Waals surface area contributed by atoms with Crippen LogP contribution in [0.1, 0.15) is 35.7 Å². The molecule has 154 valence electrons. The summed E-state index contributed by atoms with van der Waals surface area (Å²) in [4.78, 5) is 23.8. The summed E-state index contributed by atoms with van der Waals surface area (Å²) in [5.74, 6) is 0.740. The first-order chi connectivity index (χ1) is 14.1. The van der Waals surface area contributed by atoms with Crippen molar-refractivity contribution in [1.82, 2.24) is 5.32 Å². The molecule has 2 aromatic rings. The van der Waals surface area contributed by atoms with Gasteiger partial charge in [0, 0.05) is 17.7 Å². The molecule has 0 atom stereocenters. The maximum atomic E-state index is 12.0.